The highest BCUT2D eigenvalue weighted by Crippen LogP contribution is 2.29. The highest BCUT2D eigenvalue weighted by molar-refractivity contribution is 7.89. The van der Waals surface area contributed by atoms with Crippen molar-refractivity contribution in [3.8, 4) is 11.3 Å². The van der Waals surface area contributed by atoms with E-state index < -0.39 is 10.0 Å². The fraction of sp³-hybridized carbons (Fsp3) is 0.391. The number of sulfonamides is 1. The Kier molecular flexibility index (Phi) is 6.11. The molecule has 1 aromatic carbocycles. The molecule has 2 aliphatic heterocycles. The van der Waals surface area contributed by atoms with Crippen LogP contribution in [0.3, 0.4) is 0 Å². The number of carbonyl (C=O) groups is 1. The number of carbonyl (C=O) groups excluding carboxylic acids is 1. The maximum Gasteiger partial charge on any atom is 0.295 e. The lowest BCUT2D eigenvalue weighted by atomic mass is 10.2. The fourth-order valence-corrected chi connectivity index (χ4v) is 5.48. The van der Waals surface area contributed by atoms with Crippen LogP contribution in [0.1, 0.15) is 45.3 Å². The number of fused-ring (bicyclic) bond motifs is 1. The van der Waals surface area contributed by atoms with Crippen molar-refractivity contribution in [1.29, 1.82) is 0 Å². The molecule has 0 N–H and O–H groups in total. The number of nitrogens with zero attached hydrogens (tertiary/aromatic N) is 3. The second-order valence-electron chi connectivity index (χ2n) is 7.64. The van der Waals surface area contributed by atoms with Gasteiger partial charge < -0.3 is 9.32 Å². The van der Waals surface area contributed by atoms with Crippen LogP contribution in [0.2, 0.25) is 0 Å². The van der Waals surface area contributed by atoms with Crippen molar-refractivity contribution in [1.82, 2.24) is 9.21 Å². The fourth-order valence-electron chi connectivity index (χ4n) is 4.02. The molecule has 0 spiro atoms. The van der Waals surface area contributed by atoms with E-state index in [0.29, 0.717) is 30.3 Å². The minimum atomic E-state index is -3.49. The van der Waals surface area contributed by atoms with Crippen LogP contribution >= 0.6 is 0 Å². The van der Waals surface area contributed by atoms with Crippen LogP contribution in [0.5, 0.6) is 0 Å². The lowest BCUT2D eigenvalue weighted by molar-refractivity contribution is -0.114. The molecule has 8 heteroatoms. The predicted octanol–water partition coefficient (Wildman–Crippen LogP) is 4.13. The first kappa shape index (κ1) is 21.5. The Labute approximate surface area is 183 Å². The van der Waals surface area contributed by atoms with Crippen molar-refractivity contribution in [2.24, 2.45) is 4.99 Å². The van der Waals surface area contributed by atoms with Gasteiger partial charge in [0.25, 0.3) is 5.91 Å². The number of benzene rings is 1. The Hall–Kier alpha value is -2.71. The van der Waals surface area contributed by atoms with Gasteiger partial charge in [0.1, 0.15) is 23.1 Å². The van der Waals surface area contributed by atoms with E-state index in [2.05, 4.69) is 4.99 Å². The molecule has 164 valence electrons. The standard InChI is InChI=1S/C23H27N3O4S/c1-3-25(4-2)31(28,29)19-12-9-17(10-13-19)21-14-11-18(30-21)16-20-23(27)24-22-8-6-5-7-15-26(20)22/h9-14,16H,3-8,15H2,1-2H3/b20-16+. The summed E-state index contributed by atoms with van der Waals surface area (Å²) in [5.41, 5.74) is 1.33. The van der Waals surface area contributed by atoms with Crippen LogP contribution in [-0.2, 0) is 14.8 Å². The van der Waals surface area contributed by atoms with Crippen LogP contribution in [0.25, 0.3) is 17.4 Å². The predicted molar refractivity (Wildman–Crippen MR) is 120 cm³/mol. The maximum absolute atomic E-state index is 12.7. The Morgan fingerprint density at radius 1 is 1.06 bits per heavy atom. The molecule has 0 aliphatic carbocycles. The molecule has 7 nitrogen and oxygen atoms in total. The molecular formula is C23H27N3O4S. The second kappa shape index (κ2) is 8.80. The Balaban J connectivity index is 1.56. The number of amidine groups is 1. The summed E-state index contributed by atoms with van der Waals surface area (Å²) < 4.78 is 32.7. The van der Waals surface area contributed by atoms with Gasteiger partial charge in [0, 0.05) is 37.7 Å². The second-order valence-corrected chi connectivity index (χ2v) is 9.58. The number of furan rings is 1. The number of rotatable bonds is 6. The van der Waals surface area contributed by atoms with Crippen molar-refractivity contribution in [3.63, 3.8) is 0 Å². The van der Waals surface area contributed by atoms with E-state index in [1.165, 1.54) is 4.31 Å². The highest BCUT2D eigenvalue weighted by Gasteiger charge is 2.30. The largest absolute Gasteiger partial charge is 0.457 e. The van der Waals surface area contributed by atoms with E-state index in [1.54, 1.807) is 30.3 Å². The topological polar surface area (TPSA) is 83.2 Å². The maximum atomic E-state index is 12.7. The average molecular weight is 442 g/mol. The SMILES string of the molecule is CCN(CC)S(=O)(=O)c1ccc(-c2ccc(/C=C3\C(=O)N=C4CCCCCN43)o2)cc1. The first-order chi connectivity index (χ1) is 14.9. The van der Waals surface area contributed by atoms with Gasteiger partial charge in [0.15, 0.2) is 0 Å². The zero-order valence-corrected chi connectivity index (χ0v) is 18.7. The molecule has 0 atom stereocenters. The Morgan fingerprint density at radius 3 is 2.52 bits per heavy atom. The summed E-state index contributed by atoms with van der Waals surface area (Å²) in [5.74, 6) is 1.81. The van der Waals surface area contributed by atoms with E-state index in [4.69, 9.17) is 4.42 Å². The molecular weight excluding hydrogens is 414 g/mol. The van der Waals surface area contributed by atoms with E-state index in [9.17, 15) is 13.2 Å². The molecule has 2 aliphatic rings. The summed E-state index contributed by atoms with van der Waals surface area (Å²) in [5, 5.41) is 0. The number of hydrogen-bond donors (Lipinski definition) is 0. The molecule has 1 aromatic heterocycles. The van der Waals surface area contributed by atoms with Crippen LogP contribution in [0.4, 0.5) is 0 Å². The first-order valence-electron chi connectivity index (χ1n) is 10.8. The lowest BCUT2D eigenvalue weighted by Crippen LogP contribution is -2.30. The van der Waals surface area contributed by atoms with Crippen molar-refractivity contribution >= 4 is 27.8 Å². The molecule has 0 saturated carbocycles. The van der Waals surface area contributed by atoms with Crippen LogP contribution in [0, 0.1) is 0 Å². The molecule has 1 saturated heterocycles. The minimum Gasteiger partial charge on any atom is -0.457 e. The van der Waals surface area contributed by atoms with E-state index in [-0.39, 0.29) is 10.8 Å². The summed E-state index contributed by atoms with van der Waals surface area (Å²) in [7, 11) is -3.49. The van der Waals surface area contributed by atoms with E-state index >= 15 is 0 Å². The van der Waals surface area contributed by atoms with Gasteiger partial charge in [-0.1, -0.05) is 20.3 Å². The molecule has 1 amide bonds. The Morgan fingerprint density at radius 2 is 1.81 bits per heavy atom. The summed E-state index contributed by atoms with van der Waals surface area (Å²) in [4.78, 5) is 18.8. The van der Waals surface area contributed by atoms with Gasteiger partial charge in [-0.15, -0.1) is 0 Å². The van der Waals surface area contributed by atoms with Gasteiger partial charge in [-0.05, 0) is 49.2 Å². The van der Waals surface area contributed by atoms with Gasteiger partial charge in [0.2, 0.25) is 10.0 Å². The summed E-state index contributed by atoms with van der Waals surface area (Å²) in [6.07, 6.45) is 5.81. The number of amides is 1. The third-order valence-corrected chi connectivity index (χ3v) is 7.79. The molecule has 0 radical (unpaired) electrons. The zero-order chi connectivity index (χ0) is 22.0. The molecule has 0 unspecified atom stereocenters. The van der Waals surface area contributed by atoms with Gasteiger partial charge in [-0.3, -0.25) is 4.79 Å². The van der Waals surface area contributed by atoms with Gasteiger partial charge in [0.05, 0.1) is 4.90 Å². The van der Waals surface area contributed by atoms with Crippen LogP contribution < -0.4 is 0 Å². The van der Waals surface area contributed by atoms with Crippen molar-refractivity contribution in [2.45, 2.75) is 44.4 Å². The lowest BCUT2D eigenvalue weighted by Gasteiger charge is -2.18. The van der Waals surface area contributed by atoms with E-state index in [0.717, 1.165) is 43.6 Å². The molecule has 4 rings (SSSR count). The van der Waals surface area contributed by atoms with Crippen molar-refractivity contribution in [2.75, 3.05) is 19.6 Å². The molecule has 31 heavy (non-hydrogen) atoms. The number of hydrogen-bond acceptors (Lipinski definition) is 5. The number of aliphatic imine (C=N–C) groups is 1. The van der Waals surface area contributed by atoms with Crippen molar-refractivity contribution < 1.29 is 17.6 Å². The van der Waals surface area contributed by atoms with Crippen molar-refractivity contribution in [3.05, 3.63) is 47.9 Å². The van der Waals surface area contributed by atoms with Crippen LogP contribution in [0.15, 0.2) is 56.4 Å². The summed E-state index contributed by atoms with van der Waals surface area (Å²) in [6.45, 7) is 5.30. The third kappa shape index (κ3) is 4.22. The monoisotopic (exact) mass is 441 g/mol. The first-order valence-corrected chi connectivity index (χ1v) is 12.2. The van der Waals surface area contributed by atoms with Crippen LogP contribution in [-0.4, -0.2) is 49.0 Å². The molecule has 0 bridgehead atoms. The quantitative estimate of drug-likeness (QED) is 0.630. The smallest absolute Gasteiger partial charge is 0.295 e. The average Bonchev–Trinajstić information content (AvgIpc) is 3.26. The normalized spacial score (nSPS) is 18.4. The van der Waals surface area contributed by atoms with Gasteiger partial charge in [-0.2, -0.15) is 9.30 Å². The zero-order valence-electron chi connectivity index (χ0n) is 17.9. The third-order valence-electron chi connectivity index (χ3n) is 5.72. The minimum absolute atomic E-state index is 0.221. The highest BCUT2D eigenvalue weighted by atomic mass is 32.2. The molecule has 1 fully saturated rings. The van der Waals surface area contributed by atoms with E-state index in [1.807, 2.05) is 30.9 Å². The van der Waals surface area contributed by atoms with Gasteiger partial charge >= 0.3 is 0 Å². The molecule has 2 aromatic rings. The molecule has 3 heterocycles. The summed E-state index contributed by atoms with van der Waals surface area (Å²) in [6, 6.07) is 10.3. The van der Waals surface area contributed by atoms with Gasteiger partial charge in [-0.25, -0.2) is 8.42 Å². The Bertz CT molecular complexity index is 1130. The summed E-state index contributed by atoms with van der Waals surface area (Å²) >= 11 is 0.